The van der Waals surface area contributed by atoms with Gasteiger partial charge >= 0.3 is 0 Å². The number of benzene rings is 1. The number of hydrogen-bond acceptors (Lipinski definition) is 2. The second-order valence-electron chi connectivity index (χ2n) is 3.80. The molecule has 1 aromatic rings. The molecule has 0 saturated heterocycles. The minimum absolute atomic E-state index is 0.0916. The minimum Gasteiger partial charge on any atom is -0.352 e. The molecule has 3 heteroatoms. The van der Waals surface area contributed by atoms with Gasteiger partial charge in [0.15, 0.2) is 0 Å². The molecule has 0 unspecified atom stereocenters. The number of carbonyl (C=O) groups excluding carboxylic acids is 1. The number of aryl methyl sites for hydroxylation is 1. The minimum atomic E-state index is 0.0916. The standard InChI is InChI=1S/C13H20N2O/c1-3-11-4-6-12(7-5-11)10-15-13(16)8-9-14-2/h4-7,14H,3,8-10H2,1-2H3,(H,15,16). The van der Waals surface area contributed by atoms with Crippen LogP contribution in [-0.4, -0.2) is 19.5 Å². The summed E-state index contributed by atoms with van der Waals surface area (Å²) in [6, 6.07) is 8.35. The molecule has 0 spiro atoms. The lowest BCUT2D eigenvalue weighted by atomic mass is 10.1. The number of rotatable bonds is 6. The Hall–Kier alpha value is -1.35. The Kier molecular flexibility index (Phi) is 5.57. The Morgan fingerprint density at radius 3 is 2.38 bits per heavy atom. The van der Waals surface area contributed by atoms with Crippen molar-refractivity contribution in [3.8, 4) is 0 Å². The van der Waals surface area contributed by atoms with E-state index in [4.69, 9.17) is 0 Å². The van der Waals surface area contributed by atoms with Crippen LogP contribution in [0.3, 0.4) is 0 Å². The molecule has 0 aliphatic heterocycles. The van der Waals surface area contributed by atoms with Gasteiger partial charge in [0.05, 0.1) is 0 Å². The summed E-state index contributed by atoms with van der Waals surface area (Å²) < 4.78 is 0. The number of hydrogen-bond donors (Lipinski definition) is 2. The highest BCUT2D eigenvalue weighted by molar-refractivity contribution is 5.76. The first-order chi connectivity index (χ1) is 7.76. The van der Waals surface area contributed by atoms with Gasteiger partial charge in [0, 0.05) is 19.5 Å². The molecule has 2 N–H and O–H groups in total. The Bertz CT molecular complexity index is 319. The first-order valence-corrected chi connectivity index (χ1v) is 5.75. The predicted molar refractivity (Wildman–Crippen MR) is 66.2 cm³/mol. The quantitative estimate of drug-likeness (QED) is 0.762. The van der Waals surface area contributed by atoms with E-state index in [-0.39, 0.29) is 5.91 Å². The van der Waals surface area contributed by atoms with Gasteiger partial charge in [0.1, 0.15) is 0 Å². The molecule has 0 radical (unpaired) electrons. The highest BCUT2D eigenvalue weighted by Crippen LogP contribution is 2.04. The van der Waals surface area contributed by atoms with E-state index in [1.54, 1.807) is 0 Å². The van der Waals surface area contributed by atoms with Crippen molar-refractivity contribution in [1.82, 2.24) is 10.6 Å². The molecule has 1 amide bonds. The summed E-state index contributed by atoms with van der Waals surface area (Å²) in [6.45, 7) is 3.47. The molecule has 0 atom stereocenters. The average Bonchev–Trinajstić information content (AvgIpc) is 2.34. The van der Waals surface area contributed by atoms with Crippen molar-refractivity contribution in [3.63, 3.8) is 0 Å². The van der Waals surface area contributed by atoms with E-state index >= 15 is 0 Å². The second-order valence-corrected chi connectivity index (χ2v) is 3.80. The van der Waals surface area contributed by atoms with E-state index in [2.05, 4.69) is 41.8 Å². The first-order valence-electron chi connectivity index (χ1n) is 5.75. The molecule has 0 heterocycles. The van der Waals surface area contributed by atoms with E-state index in [0.717, 1.165) is 18.5 Å². The number of nitrogens with one attached hydrogen (secondary N) is 2. The van der Waals surface area contributed by atoms with Gasteiger partial charge in [-0.15, -0.1) is 0 Å². The lowest BCUT2D eigenvalue weighted by Gasteiger charge is -2.05. The van der Waals surface area contributed by atoms with Gasteiger partial charge in [-0.2, -0.15) is 0 Å². The normalized spacial score (nSPS) is 10.1. The third-order valence-electron chi connectivity index (χ3n) is 2.52. The van der Waals surface area contributed by atoms with Crippen LogP contribution in [0.2, 0.25) is 0 Å². The Balaban J connectivity index is 2.33. The lowest BCUT2D eigenvalue weighted by Crippen LogP contribution is -2.26. The van der Waals surface area contributed by atoms with Crippen molar-refractivity contribution >= 4 is 5.91 Å². The summed E-state index contributed by atoms with van der Waals surface area (Å²) in [7, 11) is 1.84. The van der Waals surface area contributed by atoms with Crippen LogP contribution in [0.5, 0.6) is 0 Å². The van der Waals surface area contributed by atoms with Gasteiger partial charge < -0.3 is 10.6 Å². The zero-order valence-electron chi connectivity index (χ0n) is 10.0. The summed E-state index contributed by atoms with van der Waals surface area (Å²) in [6.07, 6.45) is 1.58. The molecular weight excluding hydrogens is 200 g/mol. The van der Waals surface area contributed by atoms with E-state index in [9.17, 15) is 4.79 Å². The summed E-state index contributed by atoms with van der Waals surface area (Å²) in [4.78, 5) is 11.3. The maximum absolute atomic E-state index is 11.3. The number of amides is 1. The fourth-order valence-electron chi connectivity index (χ4n) is 1.42. The van der Waals surface area contributed by atoms with Crippen LogP contribution < -0.4 is 10.6 Å². The molecule has 3 nitrogen and oxygen atoms in total. The first kappa shape index (κ1) is 12.7. The molecule has 0 fully saturated rings. The van der Waals surface area contributed by atoms with Crippen molar-refractivity contribution in [3.05, 3.63) is 35.4 Å². The van der Waals surface area contributed by atoms with E-state index < -0.39 is 0 Å². The van der Waals surface area contributed by atoms with Crippen LogP contribution in [0.1, 0.15) is 24.5 Å². The highest BCUT2D eigenvalue weighted by atomic mass is 16.1. The van der Waals surface area contributed by atoms with Crippen molar-refractivity contribution in [2.24, 2.45) is 0 Å². The molecule has 0 aromatic heterocycles. The van der Waals surface area contributed by atoms with Crippen LogP contribution in [0.4, 0.5) is 0 Å². The molecule has 1 aromatic carbocycles. The fraction of sp³-hybridized carbons (Fsp3) is 0.462. The molecule has 0 aliphatic carbocycles. The molecule has 88 valence electrons. The maximum atomic E-state index is 11.3. The predicted octanol–water partition coefficient (Wildman–Crippen LogP) is 1.47. The van der Waals surface area contributed by atoms with Gasteiger partial charge in [-0.1, -0.05) is 31.2 Å². The van der Waals surface area contributed by atoms with Gasteiger partial charge in [-0.3, -0.25) is 4.79 Å². The molecular formula is C13H20N2O. The smallest absolute Gasteiger partial charge is 0.221 e. The van der Waals surface area contributed by atoms with Crippen molar-refractivity contribution in [1.29, 1.82) is 0 Å². The van der Waals surface area contributed by atoms with E-state index in [0.29, 0.717) is 13.0 Å². The number of carbonyl (C=O) groups is 1. The van der Waals surface area contributed by atoms with Crippen LogP contribution in [0.15, 0.2) is 24.3 Å². The van der Waals surface area contributed by atoms with Gasteiger partial charge in [-0.25, -0.2) is 0 Å². The van der Waals surface area contributed by atoms with Crippen LogP contribution in [0, 0.1) is 0 Å². The monoisotopic (exact) mass is 220 g/mol. The van der Waals surface area contributed by atoms with Crippen molar-refractivity contribution < 1.29 is 4.79 Å². The van der Waals surface area contributed by atoms with Gasteiger partial charge in [0.25, 0.3) is 0 Å². The average molecular weight is 220 g/mol. The topological polar surface area (TPSA) is 41.1 Å². The third-order valence-corrected chi connectivity index (χ3v) is 2.52. The fourth-order valence-corrected chi connectivity index (χ4v) is 1.42. The van der Waals surface area contributed by atoms with E-state index in [1.165, 1.54) is 5.56 Å². The molecule has 0 bridgehead atoms. The maximum Gasteiger partial charge on any atom is 0.221 e. The highest BCUT2D eigenvalue weighted by Gasteiger charge is 1.99. The molecule has 1 rings (SSSR count). The van der Waals surface area contributed by atoms with Gasteiger partial charge in [-0.05, 0) is 24.6 Å². The van der Waals surface area contributed by atoms with Crippen LogP contribution in [-0.2, 0) is 17.8 Å². The molecule has 16 heavy (non-hydrogen) atoms. The summed E-state index contributed by atoms with van der Waals surface area (Å²) >= 11 is 0. The van der Waals surface area contributed by atoms with E-state index in [1.807, 2.05) is 7.05 Å². The molecule has 0 saturated carbocycles. The van der Waals surface area contributed by atoms with Crippen molar-refractivity contribution in [2.75, 3.05) is 13.6 Å². The Labute approximate surface area is 97.2 Å². The Morgan fingerprint density at radius 1 is 1.19 bits per heavy atom. The lowest BCUT2D eigenvalue weighted by molar-refractivity contribution is -0.121. The summed E-state index contributed by atoms with van der Waals surface area (Å²) in [5.74, 6) is 0.0916. The van der Waals surface area contributed by atoms with Gasteiger partial charge in [0.2, 0.25) is 5.91 Å². The zero-order valence-corrected chi connectivity index (χ0v) is 10.0. The van der Waals surface area contributed by atoms with Crippen molar-refractivity contribution in [2.45, 2.75) is 26.3 Å². The third kappa shape index (κ3) is 4.45. The summed E-state index contributed by atoms with van der Waals surface area (Å²) in [5.41, 5.74) is 2.47. The second kappa shape index (κ2) is 7.01. The zero-order chi connectivity index (χ0) is 11.8. The molecule has 0 aliphatic rings. The Morgan fingerprint density at radius 2 is 1.81 bits per heavy atom. The SMILES string of the molecule is CCc1ccc(CNC(=O)CCNC)cc1. The largest absolute Gasteiger partial charge is 0.352 e. The van der Waals surface area contributed by atoms with Crippen LogP contribution in [0.25, 0.3) is 0 Å². The van der Waals surface area contributed by atoms with Crippen LogP contribution >= 0.6 is 0 Å². The summed E-state index contributed by atoms with van der Waals surface area (Å²) in [5, 5.41) is 5.84.